The highest BCUT2D eigenvalue weighted by Gasteiger charge is 2.31. The zero-order chi connectivity index (χ0) is 21.8. The van der Waals surface area contributed by atoms with Crippen LogP contribution >= 0.6 is 11.8 Å². The lowest BCUT2D eigenvalue weighted by atomic mass is 10.00. The Hall–Kier alpha value is -3.45. The quantitative estimate of drug-likeness (QED) is 0.640. The zero-order valence-electron chi connectivity index (χ0n) is 16.9. The van der Waals surface area contributed by atoms with E-state index in [-0.39, 0.29) is 22.3 Å². The molecule has 2 aromatic carbocycles. The molecular formula is C24H21N3O3S. The monoisotopic (exact) mass is 431 g/mol. The molecular weight excluding hydrogens is 410 g/mol. The second kappa shape index (κ2) is 9.14. The van der Waals surface area contributed by atoms with Crippen LogP contribution in [0.5, 0.6) is 0 Å². The lowest BCUT2D eigenvalue weighted by molar-refractivity contribution is -0.118. The van der Waals surface area contributed by atoms with Crippen molar-refractivity contribution in [3.05, 3.63) is 89.7 Å². The average molecular weight is 432 g/mol. The van der Waals surface area contributed by atoms with Crippen molar-refractivity contribution in [1.82, 2.24) is 15.2 Å². The van der Waals surface area contributed by atoms with Gasteiger partial charge in [-0.1, -0.05) is 60.3 Å². The van der Waals surface area contributed by atoms with Gasteiger partial charge in [0.25, 0.3) is 11.1 Å². The van der Waals surface area contributed by atoms with Crippen molar-refractivity contribution in [2.24, 2.45) is 0 Å². The van der Waals surface area contributed by atoms with E-state index < -0.39 is 0 Å². The number of amides is 3. The molecule has 0 aliphatic carbocycles. The van der Waals surface area contributed by atoms with Gasteiger partial charge in [0.05, 0.1) is 5.25 Å². The van der Waals surface area contributed by atoms with Crippen molar-refractivity contribution in [2.45, 2.75) is 18.2 Å². The molecule has 0 saturated carbocycles. The number of hydrogen-bond acceptors (Lipinski definition) is 5. The first-order chi connectivity index (χ1) is 15.0. The third kappa shape index (κ3) is 5.00. The predicted octanol–water partition coefficient (Wildman–Crippen LogP) is 3.91. The number of nitrogens with one attached hydrogen (secondary N) is 1. The lowest BCUT2D eigenvalue weighted by Crippen LogP contribution is -2.26. The molecule has 1 aromatic heterocycles. The maximum atomic E-state index is 12.5. The first-order valence-corrected chi connectivity index (χ1v) is 10.7. The Morgan fingerprint density at radius 3 is 2.48 bits per heavy atom. The maximum absolute atomic E-state index is 12.5. The van der Waals surface area contributed by atoms with Crippen LogP contribution in [0.1, 0.15) is 21.6 Å². The summed E-state index contributed by atoms with van der Waals surface area (Å²) >= 11 is 1.04. The van der Waals surface area contributed by atoms with Gasteiger partial charge in [0.1, 0.15) is 5.69 Å². The minimum atomic E-state index is -0.367. The van der Waals surface area contributed by atoms with Gasteiger partial charge in [-0.15, -0.1) is 0 Å². The number of hydrogen-bond donors (Lipinski definition) is 1. The summed E-state index contributed by atoms with van der Waals surface area (Å²) in [6.45, 7) is 0.476. The molecule has 1 atom stereocenters. The van der Waals surface area contributed by atoms with Crippen molar-refractivity contribution in [3.8, 4) is 11.1 Å². The standard InChI is InChI=1S/C24H21N3O3S/c1-27(23(29)20-7-2-3-12-25-20)15-17-5-4-6-19(13-17)18-10-8-16(9-11-18)14-21-22(28)26-24(30)31-21/h2-13,21H,14-15H2,1H3,(H,26,28,30). The Morgan fingerprint density at radius 2 is 1.81 bits per heavy atom. The molecule has 6 nitrogen and oxygen atoms in total. The molecule has 1 aliphatic rings. The van der Waals surface area contributed by atoms with Gasteiger partial charge in [-0.3, -0.25) is 24.7 Å². The van der Waals surface area contributed by atoms with E-state index in [2.05, 4.69) is 16.4 Å². The summed E-state index contributed by atoms with van der Waals surface area (Å²) in [5.41, 5.74) is 4.54. The molecule has 1 N–H and O–H groups in total. The van der Waals surface area contributed by atoms with Crippen molar-refractivity contribution >= 4 is 28.8 Å². The van der Waals surface area contributed by atoms with Gasteiger partial charge in [0.15, 0.2) is 0 Å². The van der Waals surface area contributed by atoms with Gasteiger partial charge in [-0.05, 0) is 46.9 Å². The average Bonchev–Trinajstić information content (AvgIpc) is 3.11. The third-order valence-electron chi connectivity index (χ3n) is 5.05. The van der Waals surface area contributed by atoms with Crippen LogP contribution in [0.15, 0.2) is 72.9 Å². The van der Waals surface area contributed by atoms with Crippen LogP contribution < -0.4 is 5.32 Å². The van der Waals surface area contributed by atoms with Crippen LogP contribution in [0, 0.1) is 0 Å². The fraction of sp³-hybridized carbons (Fsp3) is 0.167. The van der Waals surface area contributed by atoms with E-state index in [0.717, 1.165) is 34.0 Å². The van der Waals surface area contributed by atoms with Gasteiger partial charge in [-0.2, -0.15) is 0 Å². The Labute approximate surface area is 184 Å². The van der Waals surface area contributed by atoms with Gasteiger partial charge < -0.3 is 4.90 Å². The molecule has 0 spiro atoms. The number of thioether (sulfide) groups is 1. The van der Waals surface area contributed by atoms with E-state index in [1.807, 2.05) is 42.5 Å². The number of aromatic nitrogens is 1. The minimum Gasteiger partial charge on any atom is -0.336 e. The molecule has 156 valence electrons. The topological polar surface area (TPSA) is 79.4 Å². The molecule has 1 fully saturated rings. The van der Waals surface area contributed by atoms with Crippen LogP contribution in [0.2, 0.25) is 0 Å². The Balaban J connectivity index is 1.43. The number of imide groups is 1. The second-order valence-corrected chi connectivity index (χ2v) is 8.54. The zero-order valence-corrected chi connectivity index (χ0v) is 17.8. The van der Waals surface area contributed by atoms with E-state index in [1.165, 1.54) is 0 Å². The minimum absolute atomic E-state index is 0.123. The largest absolute Gasteiger partial charge is 0.336 e. The van der Waals surface area contributed by atoms with Gasteiger partial charge in [-0.25, -0.2) is 0 Å². The maximum Gasteiger partial charge on any atom is 0.286 e. The summed E-state index contributed by atoms with van der Waals surface area (Å²) < 4.78 is 0. The molecule has 1 unspecified atom stereocenters. The van der Waals surface area contributed by atoms with Crippen LogP contribution in [-0.4, -0.2) is 39.2 Å². The van der Waals surface area contributed by atoms with Crippen LogP contribution in [0.3, 0.4) is 0 Å². The molecule has 1 saturated heterocycles. The van der Waals surface area contributed by atoms with E-state index in [0.29, 0.717) is 18.7 Å². The van der Waals surface area contributed by atoms with E-state index in [4.69, 9.17) is 0 Å². The van der Waals surface area contributed by atoms with E-state index >= 15 is 0 Å². The number of nitrogens with zero attached hydrogens (tertiary/aromatic N) is 2. The fourth-order valence-electron chi connectivity index (χ4n) is 3.45. The third-order valence-corrected chi connectivity index (χ3v) is 6.03. The lowest BCUT2D eigenvalue weighted by Gasteiger charge is -2.17. The second-order valence-electron chi connectivity index (χ2n) is 7.36. The molecule has 3 aromatic rings. The highest BCUT2D eigenvalue weighted by Crippen LogP contribution is 2.25. The molecule has 3 amide bonds. The van der Waals surface area contributed by atoms with Crippen molar-refractivity contribution in [3.63, 3.8) is 0 Å². The van der Waals surface area contributed by atoms with Crippen LogP contribution in [-0.2, 0) is 17.8 Å². The van der Waals surface area contributed by atoms with Crippen molar-refractivity contribution in [2.75, 3.05) is 7.05 Å². The van der Waals surface area contributed by atoms with Crippen molar-refractivity contribution in [1.29, 1.82) is 0 Å². The molecule has 4 rings (SSSR count). The van der Waals surface area contributed by atoms with Crippen molar-refractivity contribution < 1.29 is 14.4 Å². The first-order valence-electron chi connectivity index (χ1n) is 9.86. The summed E-state index contributed by atoms with van der Waals surface area (Å²) in [5, 5.41) is 1.67. The summed E-state index contributed by atoms with van der Waals surface area (Å²) in [6.07, 6.45) is 2.13. The number of benzene rings is 2. The number of rotatable bonds is 6. The normalized spacial score (nSPS) is 15.6. The summed E-state index contributed by atoms with van der Waals surface area (Å²) in [6, 6.07) is 21.3. The molecule has 7 heteroatoms. The molecule has 1 aliphatic heterocycles. The van der Waals surface area contributed by atoms with Gasteiger partial charge in [0.2, 0.25) is 5.91 Å². The Bertz CT molecular complexity index is 1120. The number of pyridine rings is 1. The molecule has 2 heterocycles. The highest BCUT2D eigenvalue weighted by atomic mass is 32.2. The summed E-state index contributed by atoms with van der Waals surface area (Å²) in [5.74, 6) is -0.348. The summed E-state index contributed by atoms with van der Waals surface area (Å²) in [4.78, 5) is 41.4. The molecule has 0 bridgehead atoms. The molecule has 0 radical (unpaired) electrons. The van der Waals surface area contributed by atoms with E-state index in [9.17, 15) is 14.4 Å². The number of carbonyl (C=O) groups is 3. The Kier molecular flexibility index (Phi) is 6.13. The van der Waals surface area contributed by atoms with E-state index in [1.54, 1.807) is 36.3 Å². The van der Waals surface area contributed by atoms with Gasteiger partial charge in [0, 0.05) is 19.8 Å². The van der Waals surface area contributed by atoms with Crippen LogP contribution in [0.25, 0.3) is 11.1 Å². The number of carbonyl (C=O) groups excluding carboxylic acids is 3. The first kappa shape index (κ1) is 20.8. The SMILES string of the molecule is CN(Cc1cccc(-c2ccc(CC3SC(=O)NC3=O)cc2)c1)C(=O)c1ccccn1. The predicted molar refractivity (Wildman–Crippen MR) is 121 cm³/mol. The smallest absolute Gasteiger partial charge is 0.286 e. The van der Waals surface area contributed by atoms with Crippen LogP contribution in [0.4, 0.5) is 4.79 Å². The summed E-state index contributed by atoms with van der Waals surface area (Å²) in [7, 11) is 1.76. The van der Waals surface area contributed by atoms with Gasteiger partial charge >= 0.3 is 0 Å². The highest BCUT2D eigenvalue weighted by molar-refractivity contribution is 8.15. The molecule has 31 heavy (non-hydrogen) atoms. The Morgan fingerprint density at radius 1 is 1.00 bits per heavy atom. The fourth-order valence-corrected chi connectivity index (χ4v) is 4.31.